The number of ether oxygens (including phenoxy) is 1. The predicted molar refractivity (Wildman–Crippen MR) is 92.2 cm³/mol. The highest BCUT2D eigenvalue weighted by molar-refractivity contribution is 5.96. The summed E-state index contributed by atoms with van der Waals surface area (Å²) < 4.78 is 5.23. The molecule has 0 radical (unpaired) electrons. The monoisotopic (exact) mass is 313 g/mol. The zero-order chi connectivity index (χ0) is 16.8. The Morgan fingerprint density at radius 2 is 1.83 bits per heavy atom. The molecule has 0 bridgehead atoms. The Hall–Kier alpha value is -2.33. The standard InChI is InChI=1S/C19H23NO3/c1-13-7-6-10-17(15(13)3)20-18-9-5-4-8-16(18)19(22)23-12-11-14(2)21/h4-10,14,20-21H,11-12H2,1-3H3. The van der Waals surface area contributed by atoms with Gasteiger partial charge in [0.1, 0.15) is 0 Å². The third-order valence-corrected chi connectivity index (χ3v) is 3.79. The van der Waals surface area contributed by atoms with Crippen LogP contribution in [0.2, 0.25) is 0 Å². The van der Waals surface area contributed by atoms with Gasteiger partial charge in [-0.15, -0.1) is 0 Å². The second-order valence-electron chi connectivity index (χ2n) is 5.69. The first-order chi connectivity index (χ1) is 11.0. The summed E-state index contributed by atoms with van der Waals surface area (Å²) >= 11 is 0. The van der Waals surface area contributed by atoms with Crippen molar-refractivity contribution in [3.05, 3.63) is 59.2 Å². The van der Waals surface area contributed by atoms with E-state index in [0.717, 1.165) is 11.3 Å². The number of carbonyl (C=O) groups excluding carboxylic acids is 1. The van der Waals surface area contributed by atoms with Crippen LogP contribution >= 0.6 is 0 Å². The molecular formula is C19H23NO3. The summed E-state index contributed by atoms with van der Waals surface area (Å²) in [7, 11) is 0. The number of hydrogen-bond acceptors (Lipinski definition) is 4. The molecule has 0 aliphatic rings. The first-order valence-corrected chi connectivity index (χ1v) is 7.76. The van der Waals surface area contributed by atoms with Gasteiger partial charge in [-0.1, -0.05) is 24.3 Å². The fourth-order valence-corrected chi connectivity index (χ4v) is 2.20. The molecule has 1 atom stereocenters. The summed E-state index contributed by atoms with van der Waals surface area (Å²) in [5.74, 6) is -0.390. The Morgan fingerprint density at radius 3 is 2.57 bits per heavy atom. The van der Waals surface area contributed by atoms with E-state index >= 15 is 0 Å². The summed E-state index contributed by atoms with van der Waals surface area (Å²) in [6.07, 6.45) is -0.0516. The molecule has 4 nitrogen and oxygen atoms in total. The lowest BCUT2D eigenvalue weighted by molar-refractivity contribution is 0.0445. The molecule has 0 heterocycles. The minimum atomic E-state index is -0.480. The van der Waals surface area contributed by atoms with Gasteiger partial charge in [0.05, 0.1) is 24.0 Å². The van der Waals surface area contributed by atoms with Gasteiger partial charge in [0.25, 0.3) is 0 Å². The van der Waals surface area contributed by atoms with Crippen LogP contribution in [0.25, 0.3) is 0 Å². The second-order valence-corrected chi connectivity index (χ2v) is 5.69. The zero-order valence-electron chi connectivity index (χ0n) is 13.8. The van der Waals surface area contributed by atoms with Crippen molar-refractivity contribution < 1.29 is 14.6 Å². The van der Waals surface area contributed by atoms with E-state index in [9.17, 15) is 9.90 Å². The van der Waals surface area contributed by atoms with E-state index in [1.807, 2.05) is 31.2 Å². The van der Waals surface area contributed by atoms with Crippen molar-refractivity contribution in [2.24, 2.45) is 0 Å². The van der Waals surface area contributed by atoms with Crippen molar-refractivity contribution in [1.29, 1.82) is 0 Å². The molecule has 0 spiro atoms. The molecule has 0 aliphatic carbocycles. The molecule has 1 unspecified atom stereocenters. The number of aliphatic hydroxyl groups is 1. The quantitative estimate of drug-likeness (QED) is 0.792. The zero-order valence-corrected chi connectivity index (χ0v) is 13.8. The summed E-state index contributed by atoms with van der Waals surface area (Å²) in [6.45, 7) is 5.97. The van der Waals surface area contributed by atoms with Gasteiger partial charge in [0.2, 0.25) is 0 Å². The number of aryl methyl sites for hydroxylation is 1. The first kappa shape index (κ1) is 17.0. The fraction of sp³-hybridized carbons (Fsp3) is 0.316. The molecule has 0 aliphatic heterocycles. The minimum Gasteiger partial charge on any atom is -0.462 e. The van der Waals surface area contributed by atoms with Crippen LogP contribution in [0.15, 0.2) is 42.5 Å². The minimum absolute atomic E-state index is 0.203. The molecule has 0 saturated heterocycles. The van der Waals surface area contributed by atoms with Gasteiger partial charge in [0.15, 0.2) is 0 Å². The van der Waals surface area contributed by atoms with Gasteiger partial charge in [-0.05, 0) is 50.1 Å². The molecule has 0 amide bonds. The molecule has 2 aromatic carbocycles. The van der Waals surface area contributed by atoms with Crippen LogP contribution in [0.4, 0.5) is 11.4 Å². The van der Waals surface area contributed by atoms with E-state index in [0.29, 0.717) is 17.7 Å². The molecule has 2 rings (SSSR count). The van der Waals surface area contributed by atoms with Gasteiger partial charge >= 0.3 is 5.97 Å². The van der Waals surface area contributed by atoms with Crippen molar-refractivity contribution >= 4 is 17.3 Å². The highest BCUT2D eigenvalue weighted by Crippen LogP contribution is 2.25. The largest absolute Gasteiger partial charge is 0.462 e. The summed E-state index contributed by atoms with van der Waals surface area (Å²) in [5, 5.41) is 12.5. The van der Waals surface area contributed by atoms with Crippen molar-refractivity contribution in [3.8, 4) is 0 Å². The molecule has 0 aromatic heterocycles. The molecule has 2 N–H and O–H groups in total. The summed E-state index contributed by atoms with van der Waals surface area (Å²) in [5.41, 5.74) is 4.49. The van der Waals surface area contributed by atoms with Gasteiger partial charge in [-0.3, -0.25) is 0 Å². The van der Waals surface area contributed by atoms with Crippen molar-refractivity contribution in [2.75, 3.05) is 11.9 Å². The lowest BCUT2D eigenvalue weighted by Crippen LogP contribution is -2.12. The normalized spacial score (nSPS) is 11.8. The number of carbonyl (C=O) groups is 1. The summed E-state index contributed by atoms with van der Waals surface area (Å²) in [6, 6.07) is 13.3. The number of esters is 1. The third-order valence-electron chi connectivity index (χ3n) is 3.79. The van der Waals surface area contributed by atoms with Crippen LogP contribution in [0.5, 0.6) is 0 Å². The Kier molecular flexibility index (Phi) is 5.77. The second kappa shape index (κ2) is 7.79. The Bertz CT molecular complexity index is 680. The number of hydrogen-bond donors (Lipinski definition) is 2. The van der Waals surface area contributed by atoms with Gasteiger partial charge in [-0.25, -0.2) is 4.79 Å². The van der Waals surface area contributed by atoms with Crippen LogP contribution in [-0.4, -0.2) is 23.8 Å². The maximum atomic E-state index is 12.2. The number of aliphatic hydroxyl groups excluding tert-OH is 1. The molecule has 2 aromatic rings. The maximum absolute atomic E-state index is 12.2. The lowest BCUT2D eigenvalue weighted by Gasteiger charge is -2.14. The third kappa shape index (κ3) is 4.57. The Morgan fingerprint density at radius 1 is 1.13 bits per heavy atom. The van der Waals surface area contributed by atoms with E-state index in [2.05, 4.69) is 18.3 Å². The van der Waals surface area contributed by atoms with Gasteiger partial charge in [-0.2, -0.15) is 0 Å². The Balaban J connectivity index is 2.17. The van der Waals surface area contributed by atoms with E-state index in [4.69, 9.17) is 4.74 Å². The number of benzene rings is 2. The molecular weight excluding hydrogens is 290 g/mol. The fourth-order valence-electron chi connectivity index (χ4n) is 2.20. The lowest BCUT2D eigenvalue weighted by atomic mass is 10.1. The van der Waals surface area contributed by atoms with Crippen molar-refractivity contribution in [1.82, 2.24) is 0 Å². The topological polar surface area (TPSA) is 58.6 Å². The molecule has 0 saturated carbocycles. The number of rotatable bonds is 6. The average molecular weight is 313 g/mol. The van der Waals surface area contributed by atoms with E-state index in [1.54, 1.807) is 19.1 Å². The maximum Gasteiger partial charge on any atom is 0.340 e. The SMILES string of the molecule is Cc1cccc(Nc2ccccc2C(=O)OCCC(C)O)c1C. The predicted octanol–water partition coefficient (Wildman–Crippen LogP) is 3.97. The van der Waals surface area contributed by atoms with Crippen molar-refractivity contribution in [3.63, 3.8) is 0 Å². The molecule has 0 fully saturated rings. The van der Waals surface area contributed by atoms with Gasteiger partial charge in [0, 0.05) is 12.1 Å². The first-order valence-electron chi connectivity index (χ1n) is 7.76. The van der Waals surface area contributed by atoms with Crippen LogP contribution in [0.1, 0.15) is 34.8 Å². The highest BCUT2D eigenvalue weighted by Gasteiger charge is 2.13. The Labute approximate surface area is 137 Å². The van der Waals surface area contributed by atoms with Crippen LogP contribution in [0.3, 0.4) is 0 Å². The van der Waals surface area contributed by atoms with E-state index in [1.165, 1.54) is 5.56 Å². The van der Waals surface area contributed by atoms with E-state index < -0.39 is 6.10 Å². The number of para-hydroxylation sites is 1. The highest BCUT2D eigenvalue weighted by atomic mass is 16.5. The number of anilines is 2. The van der Waals surface area contributed by atoms with Crippen LogP contribution < -0.4 is 5.32 Å². The molecule has 23 heavy (non-hydrogen) atoms. The molecule has 122 valence electrons. The van der Waals surface area contributed by atoms with Crippen LogP contribution in [-0.2, 0) is 4.74 Å². The van der Waals surface area contributed by atoms with Gasteiger partial charge < -0.3 is 15.2 Å². The van der Waals surface area contributed by atoms with Crippen molar-refractivity contribution in [2.45, 2.75) is 33.3 Å². The van der Waals surface area contributed by atoms with E-state index in [-0.39, 0.29) is 12.6 Å². The number of nitrogens with one attached hydrogen (secondary N) is 1. The average Bonchev–Trinajstić information content (AvgIpc) is 2.52. The van der Waals surface area contributed by atoms with Crippen LogP contribution in [0, 0.1) is 13.8 Å². The smallest absolute Gasteiger partial charge is 0.340 e. The molecule has 4 heteroatoms. The summed E-state index contributed by atoms with van der Waals surface area (Å²) in [4.78, 5) is 12.2.